The molecule has 1 aromatic rings. The van der Waals surface area contributed by atoms with Crippen LogP contribution in [0.2, 0.25) is 0 Å². The van der Waals surface area contributed by atoms with Gasteiger partial charge in [-0.3, -0.25) is 4.79 Å². The molecule has 0 spiro atoms. The van der Waals surface area contributed by atoms with Crippen molar-refractivity contribution in [2.45, 2.75) is 26.4 Å². The number of hydrogen-bond acceptors (Lipinski definition) is 6. The SMILES string of the molecule is COC(=O)C1COCCN1c1nccn(CC(C)C)c1=O. The molecule has 0 bridgehead atoms. The first-order valence-electron chi connectivity index (χ1n) is 7.02. The molecule has 116 valence electrons. The van der Waals surface area contributed by atoms with Crippen molar-refractivity contribution in [1.82, 2.24) is 9.55 Å². The minimum atomic E-state index is -0.626. The molecule has 0 N–H and O–H groups in total. The summed E-state index contributed by atoms with van der Waals surface area (Å²) >= 11 is 0. The van der Waals surface area contributed by atoms with Crippen molar-refractivity contribution in [3.05, 3.63) is 22.7 Å². The maximum atomic E-state index is 12.5. The van der Waals surface area contributed by atoms with Gasteiger partial charge >= 0.3 is 5.97 Å². The van der Waals surface area contributed by atoms with Gasteiger partial charge < -0.3 is 18.9 Å². The molecule has 21 heavy (non-hydrogen) atoms. The van der Waals surface area contributed by atoms with E-state index in [1.807, 2.05) is 13.8 Å². The van der Waals surface area contributed by atoms with Crippen molar-refractivity contribution < 1.29 is 14.3 Å². The molecule has 1 fully saturated rings. The fourth-order valence-corrected chi connectivity index (χ4v) is 2.36. The number of esters is 1. The third kappa shape index (κ3) is 3.41. The summed E-state index contributed by atoms with van der Waals surface area (Å²) in [7, 11) is 1.32. The van der Waals surface area contributed by atoms with Crippen molar-refractivity contribution in [2.75, 3.05) is 31.8 Å². The summed E-state index contributed by atoms with van der Waals surface area (Å²) in [4.78, 5) is 30.2. The average Bonchev–Trinajstić information content (AvgIpc) is 2.48. The maximum Gasteiger partial charge on any atom is 0.330 e. The molecule has 0 amide bonds. The number of aromatic nitrogens is 2. The highest BCUT2D eigenvalue weighted by Crippen LogP contribution is 2.14. The first-order chi connectivity index (χ1) is 10.0. The molecule has 1 aliphatic heterocycles. The second kappa shape index (κ2) is 6.71. The number of nitrogens with zero attached hydrogens (tertiary/aromatic N) is 3. The van der Waals surface area contributed by atoms with E-state index in [1.54, 1.807) is 21.9 Å². The van der Waals surface area contributed by atoms with Crippen molar-refractivity contribution in [2.24, 2.45) is 5.92 Å². The lowest BCUT2D eigenvalue weighted by atomic mass is 10.2. The Hall–Kier alpha value is -1.89. The van der Waals surface area contributed by atoms with E-state index in [9.17, 15) is 9.59 Å². The maximum absolute atomic E-state index is 12.5. The molecule has 1 saturated heterocycles. The Morgan fingerprint density at radius 1 is 1.57 bits per heavy atom. The first kappa shape index (κ1) is 15.5. The molecule has 7 nitrogen and oxygen atoms in total. The van der Waals surface area contributed by atoms with Crippen molar-refractivity contribution >= 4 is 11.8 Å². The van der Waals surface area contributed by atoms with Gasteiger partial charge in [-0.05, 0) is 5.92 Å². The van der Waals surface area contributed by atoms with Crippen LogP contribution >= 0.6 is 0 Å². The zero-order valence-electron chi connectivity index (χ0n) is 12.6. The Bertz CT molecular complexity index is 555. The minimum Gasteiger partial charge on any atom is -0.467 e. The molecule has 7 heteroatoms. The molecular formula is C14H21N3O4. The number of morpholine rings is 1. The lowest BCUT2D eigenvalue weighted by molar-refractivity contribution is -0.144. The Morgan fingerprint density at radius 3 is 3.00 bits per heavy atom. The third-order valence-corrected chi connectivity index (χ3v) is 3.33. The van der Waals surface area contributed by atoms with Gasteiger partial charge in [0.2, 0.25) is 0 Å². The van der Waals surface area contributed by atoms with E-state index >= 15 is 0 Å². The first-order valence-corrected chi connectivity index (χ1v) is 7.02. The Kier molecular flexibility index (Phi) is 4.95. The summed E-state index contributed by atoms with van der Waals surface area (Å²) in [5.41, 5.74) is -0.193. The van der Waals surface area contributed by atoms with E-state index in [1.165, 1.54) is 7.11 Å². The van der Waals surface area contributed by atoms with Crippen LogP contribution in [0.1, 0.15) is 13.8 Å². The number of hydrogen-bond donors (Lipinski definition) is 0. The van der Waals surface area contributed by atoms with Gasteiger partial charge in [-0.25, -0.2) is 9.78 Å². The minimum absolute atomic E-state index is 0.193. The van der Waals surface area contributed by atoms with E-state index < -0.39 is 12.0 Å². The number of carbonyl (C=O) groups is 1. The number of anilines is 1. The van der Waals surface area contributed by atoms with Gasteiger partial charge in [0.1, 0.15) is 0 Å². The van der Waals surface area contributed by atoms with Gasteiger partial charge in [0, 0.05) is 25.5 Å². The van der Waals surface area contributed by atoms with E-state index in [0.717, 1.165) is 0 Å². The molecule has 2 rings (SSSR count). The number of rotatable bonds is 4. The van der Waals surface area contributed by atoms with Crippen LogP contribution in [0.15, 0.2) is 17.2 Å². The molecule has 0 aromatic carbocycles. The Balaban J connectivity index is 2.35. The van der Waals surface area contributed by atoms with Gasteiger partial charge in [-0.1, -0.05) is 13.8 Å². The number of methoxy groups -OCH3 is 1. The van der Waals surface area contributed by atoms with Gasteiger partial charge in [0.25, 0.3) is 5.56 Å². The molecule has 0 radical (unpaired) electrons. The van der Waals surface area contributed by atoms with Crippen LogP contribution in [-0.4, -0.2) is 48.4 Å². The summed E-state index contributed by atoms with van der Waals surface area (Å²) in [6.45, 7) is 5.78. The van der Waals surface area contributed by atoms with Crippen LogP contribution in [-0.2, 0) is 20.8 Å². The average molecular weight is 295 g/mol. The topological polar surface area (TPSA) is 73.7 Å². The second-order valence-electron chi connectivity index (χ2n) is 5.41. The van der Waals surface area contributed by atoms with Crippen LogP contribution in [0.5, 0.6) is 0 Å². The van der Waals surface area contributed by atoms with E-state index in [0.29, 0.717) is 25.6 Å². The highest BCUT2D eigenvalue weighted by atomic mass is 16.5. The van der Waals surface area contributed by atoms with Crippen molar-refractivity contribution in [3.8, 4) is 0 Å². The smallest absolute Gasteiger partial charge is 0.330 e. The van der Waals surface area contributed by atoms with E-state index in [2.05, 4.69) is 4.98 Å². The normalized spacial score (nSPS) is 18.9. The Morgan fingerprint density at radius 2 is 2.33 bits per heavy atom. The van der Waals surface area contributed by atoms with E-state index in [4.69, 9.17) is 9.47 Å². The lowest BCUT2D eigenvalue weighted by Gasteiger charge is -2.34. The summed E-state index contributed by atoms with van der Waals surface area (Å²) in [6.07, 6.45) is 3.25. The molecule has 1 atom stereocenters. The number of ether oxygens (including phenoxy) is 2. The fraction of sp³-hybridized carbons (Fsp3) is 0.643. The van der Waals surface area contributed by atoms with Gasteiger partial charge in [0.05, 0.1) is 20.3 Å². The molecule has 1 aliphatic rings. The zero-order chi connectivity index (χ0) is 15.4. The fourth-order valence-electron chi connectivity index (χ4n) is 2.36. The number of carbonyl (C=O) groups excluding carboxylic acids is 1. The highest BCUT2D eigenvalue weighted by molar-refractivity contribution is 5.79. The molecule has 0 aliphatic carbocycles. The summed E-state index contributed by atoms with van der Waals surface area (Å²) in [6, 6.07) is -0.626. The third-order valence-electron chi connectivity index (χ3n) is 3.33. The quantitative estimate of drug-likeness (QED) is 0.743. The van der Waals surface area contributed by atoms with Crippen LogP contribution in [0.4, 0.5) is 5.82 Å². The van der Waals surface area contributed by atoms with Gasteiger partial charge in [0.15, 0.2) is 11.9 Å². The van der Waals surface area contributed by atoms with Crippen molar-refractivity contribution in [1.29, 1.82) is 0 Å². The van der Waals surface area contributed by atoms with E-state index in [-0.39, 0.29) is 18.0 Å². The van der Waals surface area contributed by atoms with Gasteiger partial charge in [-0.2, -0.15) is 0 Å². The molecule has 0 saturated carbocycles. The van der Waals surface area contributed by atoms with Crippen LogP contribution < -0.4 is 10.5 Å². The van der Waals surface area contributed by atoms with Crippen LogP contribution in [0.3, 0.4) is 0 Å². The van der Waals surface area contributed by atoms with Gasteiger partial charge in [-0.15, -0.1) is 0 Å². The lowest BCUT2D eigenvalue weighted by Crippen LogP contribution is -2.53. The largest absolute Gasteiger partial charge is 0.467 e. The Labute approximate surface area is 123 Å². The molecule has 2 heterocycles. The molecular weight excluding hydrogens is 274 g/mol. The van der Waals surface area contributed by atoms with Crippen LogP contribution in [0, 0.1) is 5.92 Å². The summed E-state index contributed by atoms with van der Waals surface area (Å²) in [5, 5.41) is 0. The van der Waals surface area contributed by atoms with Crippen molar-refractivity contribution in [3.63, 3.8) is 0 Å². The molecule has 1 aromatic heterocycles. The van der Waals surface area contributed by atoms with Crippen LogP contribution in [0.25, 0.3) is 0 Å². The highest BCUT2D eigenvalue weighted by Gasteiger charge is 2.32. The monoisotopic (exact) mass is 295 g/mol. The zero-order valence-corrected chi connectivity index (χ0v) is 12.6. The predicted octanol–water partition coefficient (Wildman–Crippen LogP) is 0.277. The molecule has 1 unspecified atom stereocenters. The summed E-state index contributed by atoms with van der Waals surface area (Å²) < 4.78 is 11.7. The second-order valence-corrected chi connectivity index (χ2v) is 5.41. The predicted molar refractivity (Wildman–Crippen MR) is 77.3 cm³/mol. The summed E-state index contributed by atoms with van der Waals surface area (Å²) in [5.74, 6) is 0.200. The standard InChI is InChI=1S/C14H21N3O4/c1-10(2)8-16-5-4-15-12(13(16)18)17-6-7-21-9-11(17)14(19)20-3/h4-5,10-11H,6-9H2,1-3H3.